The first-order valence-corrected chi connectivity index (χ1v) is 8.92. The summed E-state index contributed by atoms with van der Waals surface area (Å²) in [7, 11) is -1.39. The zero-order valence-electron chi connectivity index (χ0n) is 13.5. The summed E-state index contributed by atoms with van der Waals surface area (Å²) in [5.74, 6) is -1.96. The molecule has 136 valence electrons. The standard InChI is InChI=1S/C17H16N2O6S/c20-16(12-5-4-6-13(11-12)19(23)24)18-15(17(21)22)9-10-26(25)14-7-2-1-3-8-14/h1-8,11,15H,9-10H2,(H,18,20)(H,21,22)/t15-,26+/m1/s1. The van der Waals surface area contributed by atoms with Gasteiger partial charge < -0.3 is 10.4 Å². The van der Waals surface area contributed by atoms with Gasteiger partial charge in [0.2, 0.25) is 0 Å². The first-order chi connectivity index (χ1) is 12.4. The molecule has 9 heteroatoms. The van der Waals surface area contributed by atoms with Crippen molar-refractivity contribution in [3.8, 4) is 0 Å². The number of nitro groups is 1. The van der Waals surface area contributed by atoms with Crippen LogP contribution in [0.2, 0.25) is 0 Å². The Morgan fingerprint density at radius 1 is 1.15 bits per heavy atom. The molecule has 0 bridgehead atoms. The van der Waals surface area contributed by atoms with Gasteiger partial charge in [-0.1, -0.05) is 24.3 Å². The van der Waals surface area contributed by atoms with Crippen molar-refractivity contribution in [2.45, 2.75) is 17.4 Å². The molecule has 0 unspecified atom stereocenters. The third kappa shape index (κ3) is 5.21. The molecule has 0 heterocycles. The first kappa shape index (κ1) is 19.3. The lowest BCUT2D eigenvalue weighted by molar-refractivity contribution is -0.384. The molecule has 0 aliphatic carbocycles. The molecule has 2 rings (SSSR count). The molecule has 0 aromatic heterocycles. The van der Waals surface area contributed by atoms with E-state index in [1.54, 1.807) is 30.3 Å². The second-order valence-corrected chi connectivity index (χ2v) is 6.89. The number of rotatable bonds is 8. The summed E-state index contributed by atoms with van der Waals surface area (Å²) in [6, 6.07) is 12.3. The number of carboxylic acids is 1. The van der Waals surface area contributed by atoms with Gasteiger partial charge in [0, 0.05) is 28.3 Å². The molecule has 0 spiro atoms. The van der Waals surface area contributed by atoms with E-state index in [1.807, 2.05) is 0 Å². The summed E-state index contributed by atoms with van der Waals surface area (Å²) >= 11 is 0. The lowest BCUT2D eigenvalue weighted by Crippen LogP contribution is -2.41. The molecular formula is C17H16N2O6S. The van der Waals surface area contributed by atoms with E-state index in [0.717, 1.165) is 6.07 Å². The number of hydrogen-bond donors (Lipinski definition) is 2. The highest BCUT2D eigenvalue weighted by atomic mass is 32.2. The van der Waals surface area contributed by atoms with Crippen molar-refractivity contribution in [2.75, 3.05) is 5.75 Å². The number of nitrogens with zero attached hydrogens (tertiary/aromatic N) is 1. The number of carbonyl (C=O) groups excluding carboxylic acids is 1. The number of nitro benzene ring substituents is 1. The average molecular weight is 376 g/mol. The fourth-order valence-corrected chi connectivity index (χ4v) is 3.32. The summed E-state index contributed by atoms with van der Waals surface area (Å²) in [6.45, 7) is 0. The summed E-state index contributed by atoms with van der Waals surface area (Å²) in [5, 5.41) is 22.3. The minimum Gasteiger partial charge on any atom is -0.480 e. The van der Waals surface area contributed by atoms with Crippen LogP contribution in [0.3, 0.4) is 0 Å². The minimum absolute atomic E-state index is 0.0189. The van der Waals surface area contributed by atoms with Gasteiger partial charge in [-0.05, 0) is 24.6 Å². The topological polar surface area (TPSA) is 127 Å². The zero-order valence-corrected chi connectivity index (χ0v) is 14.3. The van der Waals surface area contributed by atoms with Crippen molar-refractivity contribution in [2.24, 2.45) is 0 Å². The van der Waals surface area contributed by atoms with E-state index in [0.29, 0.717) is 4.90 Å². The highest BCUT2D eigenvalue weighted by Crippen LogP contribution is 2.14. The number of benzene rings is 2. The largest absolute Gasteiger partial charge is 0.480 e. The third-order valence-corrected chi connectivity index (χ3v) is 4.93. The summed E-state index contributed by atoms with van der Waals surface area (Å²) < 4.78 is 12.2. The SMILES string of the molecule is O=C(N[C@H](CC[S@](=O)c1ccccc1)C(=O)O)c1cccc([N+](=O)[O-])c1. The van der Waals surface area contributed by atoms with E-state index in [2.05, 4.69) is 5.32 Å². The number of carboxylic acid groups (broad SMARTS) is 1. The van der Waals surface area contributed by atoms with E-state index in [4.69, 9.17) is 0 Å². The van der Waals surface area contributed by atoms with Crippen molar-refractivity contribution in [1.82, 2.24) is 5.32 Å². The van der Waals surface area contributed by atoms with Gasteiger partial charge in [-0.25, -0.2) is 4.79 Å². The van der Waals surface area contributed by atoms with Gasteiger partial charge in [0.1, 0.15) is 6.04 Å². The minimum atomic E-state index is -1.39. The molecule has 8 nitrogen and oxygen atoms in total. The lowest BCUT2D eigenvalue weighted by atomic mass is 10.1. The predicted molar refractivity (Wildman–Crippen MR) is 94.3 cm³/mol. The number of amides is 1. The molecule has 1 amide bonds. The van der Waals surface area contributed by atoms with Crippen LogP contribution in [0.5, 0.6) is 0 Å². The number of aliphatic carboxylic acids is 1. The maximum absolute atomic E-state index is 12.2. The number of hydrogen-bond acceptors (Lipinski definition) is 5. The van der Waals surface area contributed by atoms with Gasteiger partial charge in [-0.3, -0.25) is 19.1 Å². The Bertz CT molecular complexity index is 840. The maximum atomic E-state index is 12.2. The zero-order chi connectivity index (χ0) is 19.1. The van der Waals surface area contributed by atoms with Crippen LogP contribution in [0.1, 0.15) is 16.8 Å². The highest BCUT2D eigenvalue weighted by Gasteiger charge is 2.22. The number of non-ortho nitro benzene ring substituents is 1. The fourth-order valence-electron chi connectivity index (χ4n) is 2.17. The Morgan fingerprint density at radius 3 is 2.46 bits per heavy atom. The average Bonchev–Trinajstić information content (AvgIpc) is 2.65. The van der Waals surface area contributed by atoms with Gasteiger partial charge >= 0.3 is 5.97 Å². The second kappa shape index (κ2) is 8.86. The Labute approximate surface area is 151 Å². The monoisotopic (exact) mass is 376 g/mol. The van der Waals surface area contributed by atoms with Gasteiger partial charge in [-0.2, -0.15) is 0 Å². The van der Waals surface area contributed by atoms with Crippen LogP contribution in [0.4, 0.5) is 5.69 Å². The summed E-state index contributed by atoms with van der Waals surface area (Å²) in [4.78, 5) is 34.2. The third-order valence-electron chi connectivity index (χ3n) is 3.52. The van der Waals surface area contributed by atoms with E-state index < -0.39 is 33.6 Å². The number of carbonyl (C=O) groups is 2. The van der Waals surface area contributed by atoms with Gasteiger partial charge in [0.25, 0.3) is 11.6 Å². The molecule has 2 aromatic carbocycles. The molecule has 0 aliphatic heterocycles. The smallest absolute Gasteiger partial charge is 0.326 e. The molecule has 2 aromatic rings. The Morgan fingerprint density at radius 2 is 1.85 bits per heavy atom. The van der Waals surface area contributed by atoms with Gasteiger partial charge in [-0.15, -0.1) is 0 Å². The van der Waals surface area contributed by atoms with Crippen LogP contribution >= 0.6 is 0 Å². The molecular weight excluding hydrogens is 360 g/mol. The molecule has 0 saturated carbocycles. The molecule has 0 fully saturated rings. The van der Waals surface area contributed by atoms with Gasteiger partial charge in [0.05, 0.1) is 15.7 Å². The van der Waals surface area contributed by atoms with Crippen molar-refractivity contribution in [3.63, 3.8) is 0 Å². The molecule has 0 aliphatic rings. The van der Waals surface area contributed by atoms with Crippen LogP contribution in [0.25, 0.3) is 0 Å². The first-order valence-electron chi connectivity index (χ1n) is 7.60. The molecule has 2 atom stereocenters. The molecule has 26 heavy (non-hydrogen) atoms. The second-order valence-electron chi connectivity index (χ2n) is 5.32. The predicted octanol–water partition coefficient (Wildman–Crippen LogP) is 1.98. The highest BCUT2D eigenvalue weighted by molar-refractivity contribution is 7.85. The Kier molecular flexibility index (Phi) is 6.56. The fraction of sp³-hybridized carbons (Fsp3) is 0.176. The molecule has 0 saturated heterocycles. The lowest BCUT2D eigenvalue weighted by Gasteiger charge is -2.14. The van der Waals surface area contributed by atoms with Crippen LogP contribution < -0.4 is 5.32 Å². The van der Waals surface area contributed by atoms with Crippen molar-refractivity contribution >= 4 is 28.4 Å². The number of nitrogens with one attached hydrogen (secondary N) is 1. The normalized spacial score (nSPS) is 12.8. The van der Waals surface area contributed by atoms with Crippen LogP contribution in [-0.4, -0.2) is 37.9 Å². The van der Waals surface area contributed by atoms with Gasteiger partial charge in [0.15, 0.2) is 0 Å². The Balaban J connectivity index is 2.02. The van der Waals surface area contributed by atoms with Crippen LogP contribution in [0.15, 0.2) is 59.5 Å². The summed E-state index contributed by atoms with van der Waals surface area (Å²) in [6.07, 6.45) is -0.0441. The van der Waals surface area contributed by atoms with Crippen molar-refractivity contribution in [3.05, 3.63) is 70.3 Å². The van der Waals surface area contributed by atoms with E-state index in [1.165, 1.54) is 18.2 Å². The molecule has 2 N–H and O–H groups in total. The van der Waals surface area contributed by atoms with E-state index in [-0.39, 0.29) is 23.4 Å². The maximum Gasteiger partial charge on any atom is 0.326 e. The summed E-state index contributed by atoms with van der Waals surface area (Å²) in [5.41, 5.74) is -0.288. The van der Waals surface area contributed by atoms with Crippen molar-refractivity contribution < 1.29 is 23.8 Å². The van der Waals surface area contributed by atoms with Crippen molar-refractivity contribution in [1.29, 1.82) is 0 Å². The van der Waals surface area contributed by atoms with E-state index >= 15 is 0 Å². The Hall–Kier alpha value is -3.07. The van der Waals surface area contributed by atoms with E-state index in [9.17, 15) is 29.0 Å². The van der Waals surface area contributed by atoms with Crippen LogP contribution in [-0.2, 0) is 15.6 Å². The van der Waals surface area contributed by atoms with Crippen LogP contribution in [0, 0.1) is 10.1 Å². The quantitative estimate of drug-likeness (QED) is 0.536. The molecule has 0 radical (unpaired) electrons.